The van der Waals surface area contributed by atoms with Crippen LogP contribution in [0.4, 0.5) is 22.7 Å². The molecule has 6 heteroatoms. The minimum Gasteiger partial charge on any atom is -0.345 e. The van der Waals surface area contributed by atoms with E-state index in [4.69, 9.17) is 0 Å². The van der Waals surface area contributed by atoms with Gasteiger partial charge in [-0.15, -0.1) is 0 Å². The SMILES string of the molecule is CC(C)c1cccc(C(C)C)c1N1CCN(c2c(C(C)C)cccc2C(C)C)C1C1=PC(C2N(c3c(C(C)C)cccc3C(C)C)CCN2c2c(C(C)C)cccc2C(C)C)=P1. The highest BCUT2D eigenvalue weighted by Gasteiger charge is 2.46. The van der Waals surface area contributed by atoms with Crippen molar-refractivity contribution in [2.45, 2.75) is 170 Å². The molecule has 0 aromatic heterocycles. The van der Waals surface area contributed by atoms with Crippen molar-refractivity contribution in [3.63, 3.8) is 0 Å². The Balaban J connectivity index is 1.45. The summed E-state index contributed by atoms with van der Waals surface area (Å²) < 4.78 is 0. The topological polar surface area (TPSA) is 13.0 Å². The normalized spacial score (nSPS) is 17.1. The van der Waals surface area contributed by atoms with E-state index in [0.717, 1.165) is 26.2 Å². The van der Waals surface area contributed by atoms with Gasteiger partial charge in [0.2, 0.25) is 0 Å². The molecule has 0 saturated carbocycles. The summed E-state index contributed by atoms with van der Waals surface area (Å²) in [6.07, 6.45) is 0.340. The van der Waals surface area contributed by atoms with Crippen molar-refractivity contribution in [2.24, 2.45) is 0 Å². The molecule has 3 aliphatic heterocycles. The summed E-state index contributed by atoms with van der Waals surface area (Å²) in [5.41, 5.74) is 17.8. The van der Waals surface area contributed by atoms with Gasteiger partial charge < -0.3 is 19.6 Å². The zero-order chi connectivity index (χ0) is 44.9. The standard InChI is InChI=1S/C56H78N4P2/c1-33(2)41-21-17-22-42(34(3)4)49(41)57-29-30-58(50-43(35(5)6)23-18-24-44(50)36(7)8)53(57)55-61-56(62-55)54-59(51-45(37(9)10)25-19-26-46(51)38(11)12)31-32-60(54)52-47(39(13)14)27-20-28-48(52)40(15)16/h17-28,33-40,53-54H,29-32H2,1-16H3. The van der Waals surface area contributed by atoms with Gasteiger partial charge in [-0.3, -0.25) is 0 Å². The molecular formula is C56H78N4P2. The number of rotatable bonds is 14. The molecule has 0 amide bonds. The lowest BCUT2D eigenvalue weighted by atomic mass is 9.91. The minimum atomic E-state index is 0.170. The van der Waals surface area contributed by atoms with Crippen LogP contribution in [0.1, 0.15) is 203 Å². The van der Waals surface area contributed by atoms with Crippen LogP contribution < -0.4 is 19.6 Å². The van der Waals surface area contributed by atoms with Gasteiger partial charge >= 0.3 is 0 Å². The molecule has 332 valence electrons. The van der Waals surface area contributed by atoms with Crippen molar-refractivity contribution >= 4 is 49.2 Å². The van der Waals surface area contributed by atoms with Crippen LogP contribution in [0.3, 0.4) is 0 Å². The number of nitrogens with zero attached hydrogens (tertiary/aromatic N) is 4. The number of benzene rings is 4. The fraction of sp³-hybridized carbons (Fsp3) is 0.536. The van der Waals surface area contributed by atoms with Gasteiger partial charge in [-0.1, -0.05) is 200 Å². The zero-order valence-corrected chi connectivity index (χ0v) is 43.0. The first-order valence-electron chi connectivity index (χ1n) is 24.2. The predicted octanol–water partition coefficient (Wildman–Crippen LogP) is 15.8. The molecule has 4 nitrogen and oxygen atoms in total. The predicted molar refractivity (Wildman–Crippen MR) is 279 cm³/mol. The first-order valence-corrected chi connectivity index (χ1v) is 26.0. The van der Waals surface area contributed by atoms with Gasteiger partial charge in [0, 0.05) is 48.9 Å². The molecule has 0 atom stereocenters. The van der Waals surface area contributed by atoms with E-state index in [1.165, 1.54) is 83.7 Å². The summed E-state index contributed by atoms with van der Waals surface area (Å²) in [4.78, 5) is 11.4. The quantitative estimate of drug-likeness (QED) is 0.117. The average Bonchev–Trinajstić information content (AvgIpc) is 3.83. The number of hydrogen-bond donors (Lipinski definition) is 0. The van der Waals surface area contributed by atoms with Gasteiger partial charge in [-0.25, -0.2) is 0 Å². The third-order valence-corrected chi connectivity index (χ3v) is 16.8. The van der Waals surface area contributed by atoms with E-state index in [-0.39, 0.29) is 12.3 Å². The molecule has 4 aromatic rings. The number of hydrogen-bond acceptors (Lipinski definition) is 4. The average molecular weight is 869 g/mol. The van der Waals surface area contributed by atoms with E-state index in [9.17, 15) is 0 Å². The Morgan fingerprint density at radius 2 is 0.468 bits per heavy atom. The third kappa shape index (κ3) is 8.54. The van der Waals surface area contributed by atoms with E-state index in [1.54, 1.807) is 10.1 Å². The van der Waals surface area contributed by atoms with Gasteiger partial charge in [-0.2, -0.15) is 0 Å². The molecule has 0 radical (unpaired) electrons. The van der Waals surface area contributed by atoms with Crippen LogP contribution in [0.25, 0.3) is 0 Å². The highest BCUT2D eigenvalue weighted by molar-refractivity contribution is 7.98. The monoisotopic (exact) mass is 869 g/mol. The second-order valence-corrected chi connectivity index (χ2v) is 23.9. The highest BCUT2D eigenvalue weighted by atomic mass is 31.1. The lowest BCUT2D eigenvalue weighted by molar-refractivity contribution is 0.767. The van der Waals surface area contributed by atoms with Crippen molar-refractivity contribution in [3.8, 4) is 0 Å². The Morgan fingerprint density at radius 1 is 0.306 bits per heavy atom. The van der Waals surface area contributed by atoms with Gasteiger partial charge in [0.25, 0.3) is 0 Å². The Morgan fingerprint density at radius 3 is 0.613 bits per heavy atom. The van der Waals surface area contributed by atoms with Gasteiger partial charge in [0.15, 0.2) is 0 Å². The lowest BCUT2D eigenvalue weighted by Crippen LogP contribution is -2.49. The molecular weight excluding hydrogens is 791 g/mol. The molecule has 2 saturated heterocycles. The summed E-state index contributed by atoms with van der Waals surface area (Å²) in [6.45, 7) is 42.3. The Kier molecular flexibility index (Phi) is 14.1. The molecule has 62 heavy (non-hydrogen) atoms. The lowest BCUT2D eigenvalue weighted by Gasteiger charge is -2.42. The summed E-state index contributed by atoms with van der Waals surface area (Å²) in [7, 11) is 2.81. The molecule has 4 aromatic carbocycles. The van der Waals surface area contributed by atoms with Crippen LogP contribution in [0.2, 0.25) is 0 Å². The van der Waals surface area contributed by atoms with E-state index in [0.29, 0.717) is 47.3 Å². The van der Waals surface area contributed by atoms with Crippen molar-refractivity contribution in [3.05, 3.63) is 117 Å². The summed E-state index contributed by atoms with van der Waals surface area (Å²) >= 11 is 0. The van der Waals surface area contributed by atoms with Crippen molar-refractivity contribution in [1.29, 1.82) is 0 Å². The summed E-state index contributed by atoms with van der Waals surface area (Å²) in [6, 6.07) is 28.6. The molecule has 0 unspecified atom stereocenters. The van der Waals surface area contributed by atoms with Crippen LogP contribution in [-0.2, 0) is 0 Å². The zero-order valence-electron chi connectivity index (χ0n) is 41.2. The minimum absolute atomic E-state index is 0.170. The van der Waals surface area contributed by atoms with E-state index < -0.39 is 0 Å². The molecule has 7 rings (SSSR count). The van der Waals surface area contributed by atoms with Crippen molar-refractivity contribution in [1.82, 2.24) is 0 Å². The van der Waals surface area contributed by atoms with Crippen molar-refractivity contribution in [2.75, 3.05) is 45.8 Å². The Labute approximate surface area is 381 Å². The van der Waals surface area contributed by atoms with Crippen molar-refractivity contribution < 1.29 is 0 Å². The van der Waals surface area contributed by atoms with E-state index >= 15 is 0 Å². The van der Waals surface area contributed by atoms with E-state index in [1.807, 2.05) is 0 Å². The molecule has 2 fully saturated rings. The summed E-state index contributed by atoms with van der Waals surface area (Å²) in [5, 5.41) is 3.24. The smallest absolute Gasteiger partial charge is 0.137 e. The van der Waals surface area contributed by atoms with Crippen LogP contribution in [0.15, 0.2) is 72.8 Å². The molecule has 0 N–H and O–H groups in total. The number of para-hydroxylation sites is 4. The molecule has 0 aliphatic carbocycles. The van der Waals surface area contributed by atoms with E-state index in [2.05, 4.69) is 203 Å². The second kappa shape index (κ2) is 18.9. The summed E-state index contributed by atoms with van der Waals surface area (Å²) in [5.74, 6) is 3.48. The molecule has 0 bridgehead atoms. The Bertz CT molecular complexity index is 1880. The highest BCUT2D eigenvalue weighted by Crippen LogP contribution is 2.50. The Hall–Kier alpha value is -3.58. The molecule has 3 heterocycles. The first-order chi connectivity index (χ1) is 29.4. The van der Waals surface area contributed by atoms with Crippen LogP contribution in [0, 0.1) is 0 Å². The van der Waals surface area contributed by atoms with Crippen LogP contribution in [-0.4, -0.2) is 48.6 Å². The fourth-order valence-corrected chi connectivity index (χ4v) is 13.6. The maximum absolute atomic E-state index is 2.86. The molecule has 3 aliphatic rings. The second-order valence-electron chi connectivity index (χ2n) is 20.8. The number of anilines is 4. The van der Waals surface area contributed by atoms with Gasteiger partial charge in [-0.05, 0) is 91.9 Å². The fourth-order valence-electron chi connectivity index (χ4n) is 10.6. The van der Waals surface area contributed by atoms with Gasteiger partial charge in [0.1, 0.15) is 12.3 Å². The maximum atomic E-state index is 2.86. The largest absolute Gasteiger partial charge is 0.345 e. The maximum Gasteiger partial charge on any atom is 0.137 e. The van der Waals surface area contributed by atoms with Gasteiger partial charge in [0.05, 0.1) is 10.1 Å². The third-order valence-electron chi connectivity index (χ3n) is 13.8. The molecule has 0 spiro atoms. The van der Waals surface area contributed by atoms with Crippen LogP contribution >= 0.6 is 16.4 Å². The first kappa shape index (κ1) is 46.4. The van der Waals surface area contributed by atoms with Crippen LogP contribution in [0.5, 0.6) is 0 Å².